The van der Waals surface area contributed by atoms with Crippen LogP contribution in [0.25, 0.3) is 0 Å². The van der Waals surface area contributed by atoms with Gasteiger partial charge < -0.3 is 5.32 Å². The van der Waals surface area contributed by atoms with E-state index in [1.54, 1.807) is 23.1 Å². The van der Waals surface area contributed by atoms with Crippen LogP contribution in [0, 0.1) is 17.1 Å². The van der Waals surface area contributed by atoms with Crippen LogP contribution in [0.5, 0.6) is 0 Å². The van der Waals surface area contributed by atoms with Crippen molar-refractivity contribution in [2.75, 3.05) is 6.54 Å². The second-order valence-corrected chi connectivity index (χ2v) is 3.80. The zero-order valence-corrected chi connectivity index (χ0v) is 9.67. The Bertz CT molecular complexity index is 544. The average molecular weight is 245 g/mol. The van der Waals surface area contributed by atoms with E-state index in [1.165, 1.54) is 12.1 Å². The minimum absolute atomic E-state index is 0.336. The van der Waals surface area contributed by atoms with Crippen LogP contribution in [0.3, 0.4) is 0 Å². The third-order valence-electron chi connectivity index (χ3n) is 2.41. The first-order valence-electron chi connectivity index (χ1n) is 5.52. The number of nitriles is 1. The van der Waals surface area contributed by atoms with Crippen molar-refractivity contribution in [1.29, 1.82) is 5.26 Å². The van der Waals surface area contributed by atoms with Crippen molar-refractivity contribution in [3.8, 4) is 6.07 Å². The molecule has 0 saturated carbocycles. The summed E-state index contributed by atoms with van der Waals surface area (Å²) < 4.78 is 14.9. The van der Waals surface area contributed by atoms with E-state index in [-0.39, 0.29) is 5.82 Å². The van der Waals surface area contributed by atoms with Crippen LogP contribution < -0.4 is 5.32 Å². The van der Waals surface area contributed by atoms with Crippen molar-refractivity contribution < 1.29 is 4.39 Å². The molecule has 0 fully saturated rings. The maximum atomic E-state index is 13.1. The average Bonchev–Trinajstić information content (AvgIpc) is 2.87. The van der Waals surface area contributed by atoms with Gasteiger partial charge in [-0.15, -0.1) is 5.10 Å². The van der Waals surface area contributed by atoms with Gasteiger partial charge in [0.15, 0.2) is 0 Å². The third kappa shape index (κ3) is 3.37. The molecule has 1 N–H and O–H groups in total. The molecule has 0 aliphatic heterocycles. The lowest BCUT2D eigenvalue weighted by atomic mass is 10.1. The Kier molecular flexibility index (Phi) is 3.99. The molecule has 2 rings (SSSR count). The van der Waals surface area contributed by atoms with Crippen molar-refractivity contribution in [3.63, 3.8) is 0 Å². The van der Waals surface area contributed by atoms with Crippen molar-refractivity contribution in [2.24, 2.45) is 0 Å². The molecule has 5 nitrogen and oxygen atoms in total. The molecular formula is C12H12FN5. The van der Waals surface area contributed by atoms with Crippen LogP contribution in [0.2, 0.25) is 0 Å². The van der Waals surface area contributed by atoms with E-state index < -0.39 is 0 Å². The lowest BCUT2D eigenvalue weighted by Gasteiger charge is -2.05. The summed E-state index contributed by atoms with van der Waals surface area (Å²) in [7, 11) is 0. The number of hydrogen-bond acceptors (Lipinski definition) is 4. The standard InChI is InChI=1S/C12H12FN5/c13-12-6-10(8-14)5-11(7-12)9-15-1-3-18-4-2-16-17-18/h2,4-7,15H,1,3,9H2. The van der Waals surface area contributed by atoms with Crippen LogP contribution >= 0.6 is 0 Å². The van der Waals surface area contributed by atoms with Gasteiger partial charge in [0.2, 0.25) is 0 Å². The molecule has 2 aromatic rings. The van der Waals surface area contributed by atoms with E-state index in [0.717, 1.165) is 5.56 Å². The van der Waals surface area contributed by atoms with E-state index in [1.807, 2.05) is 6.07 Å². The number of rotatable bonds is 5. The SMILES string of the molecule is N#Cc1cc(F)cc(CNCCn2ccnn2)c1. The summed E-state index contributed by atoms with van der Waals surface area (Å²) >= 11 is 0. The molecule has 1 aromatic heterocycles. The molecule has 0 aliphatic rings. The minimum Gasteiger partial charge on any atom is -0.311 e. The van der Waals surface area contributed by atoms with Gasteiger partial charge in [-0.2, -0.15) is 5.26 Å². The molecule has 18 heavy (non-hydrogen) atoms. The molecule has 0 spiro atoms. The highest BCUT2D eigenvalue weighted by molar-refractivity contribution is 5.33. The summed E-state index contributed by atoms with van der Waals surface area (Å²) in [5.74, 6) is -0.387. The zero-order valence-electron chi connectivity index (χ0n) is 9.67. The maximum Gasteiger partial charge on any atom is 0.124 e. The smallest absolute Gasteiger partial charge is 0.124 e. The summed E-state index contributed by atoms with van der Waals surface area (Å²) in [6, 6.07) is 6.24. The van der Waals surface area contributed by atoms with Gasteiger partial charge >= 0.3 is 0 Å². The number of hydrogen-bond donors (Lipinski definition) is 1. The lowest BCUT2D eigenvalue weighted by molar-refractivity contribution is 0.539. The van der Waals surface area contributed by atoms with Gasteiger partial charge in [0.05, 0.1) is 24.4 Å². The van der Waals surface area contributed by atoms with E-state index in [0.29, 0.717) is 25.2 Å². The van der Waals surface area contributed by atoms with Crippen LogP contribution in [0.15, 0.2) is 30.6 Å². The fourth-order valence-electron chi connectivity index (χ4n) is 1.60. The highest BCUT2D eigenvalue weighted by atomic mass is 19.1. The second-order valence-electron chi connectivity index (χ2n) is 3.80. The van der Waals surface area contributed by atoms with Crippen molar-refractivity contribution >= 4 is 0 Å². The summed E-state index contributed by atoms with van der Waals surface area (Å²) in [6.07, 6.45) is 3.39. The molecular weight excluding hydrogens is 233 g/mol. The highest BCUT2D eigenvalue weighted by Crippen LogP contribution is 2.08. The Morgan fingerprint density at radius 3 is 3.00 bits per heavy atom. The van der Waals surface area contributed by atoms with Crippen LogP contribution in [-0.2, 0) is 13.1 Å². The summed E-state index contributed by atoms with van der Waals surface area (Å²) in [5, 5.41) is 19.4. The monoisotopic (exact) mass is 245 g/mol. The van der Waals surface area contributed by atoms with Gasteiger partial charge in [0, 0.05) is 19.3 Å². The largest absolute Gasteiger partial charge is 0.311 e. The van der Waals surface area contributed by atoms with Gasteiger partial charge in [-0.1, -0.05) is 5.21 Å². The summed E-state index contributed by atoms with van der Waals surface area (Å²) in [6.45, 7) is 1.91. The van der Waals surface area contributed by atoms with Gasteiger partial charge in [0.25, 0.3) is 0 Å². The van der Waals surface area contributed by atoms with E-state index in [4.69, 9.17) is 5.26 Å². The van der Waals surface area contributed by atoms with Gasteiger partial charge in [-0.05, 0) is 23.8 Å². The normalized spacial score (nSPS) is 10.2. The van der Waals surface area contributed by atoms with E-state index in [2.05, 4.69) is 15.6 Å². The maximum absolute atomic E-state index is 13.1. The van der Waals surface area contributed by atoms with Crippen LogP contribution in [0.1, 0.15) is 11.1 Å². The summed E-state index contributed by atoms with van der Waals surface area (Å²) in [5.41, 5.74) is 1.09. The van der Waals surface area contributed by atoms with Crippen molar-refractivity contribution in [3.05, 3.63) is 47.5 Å². The van der Waals surface area contributed by atoms with Crippen LogP contribution in [0.4, 0.5) is 4.39 Å². The number of benzene rings is 1. The molecule has 6 heteroatoms. The fraction of sp³-hybridized carbons (Fsp3) is 0.250. The lowest BCUT2D eigenvalue weighted by Crippen LogP contribution is -2.20. The van der Waals surface area contributed by atoms with Crippen LogP contribution in [-0.4, -0.2) is 21.5 Å². The molecule has 0 atom stereocenters. The second kappa shape index (κ2) is 5.89. The highest BCUT2D eigenvalue weighted by Gasteiger charge is 2.00. The number of halogens is 1. The Morgan fingerprint density at radius 1 is 1.39 bits per heavy atom. The number of aromatic nitrogens is 3. The Hall–Kier alpha value is -2.26. The Labute approximate surface area is 104 Å². The number of nitrogens with zero attached hydrogens (tertiary/aromatic N) is 4. The fourth-order valence-corrected chi connectivity index (χ4v) is 1.60. The quantitative estimate of drug-likeness (QED) is 0.800. The van der Waals surface area contributed by atoms with Crippen molar-refractivity contribution in [1.82, 2.24) is 20.3 Å². The first kappa shape index (κ1) is 12.2. The van der Waals surface area contributed by atoms with E-state index >= 15 is 0 Å². The molecule has 0 bridgehead atoms. The van der Waals surface area contributed by atoms with Crippen molar-refractivity contribution in [2.45, 2.75) is 13.1 Å². The molecule has 0 radical (unpaired) electrons. The first-order chi connectivity index (χ1) is 8.78. The molecule has 0 unspecified atom stereocenters. The topological polar surface area (TPSA) is 66.5 Å². The van der Waals surface area contributed by atoms with Gasteiger partial charge in [-0.3, -0.25) is 4.68 Å². The molecule has 1 heterocycles. The minimum atomic E-state index is -0.387. The van der Waals surface area contributed by atoms with Gasteiger partial charge in [-0.25, -0.2) is 4.39 Å². The predicted octanol–water partition coefficient (Wildman–Crippen LogP) is 1.08. The van der Waals surface area contributed by atoms with E-state index in [9.17, 15) is 4.39 Å². The summed E-state index contributed by atoms with van der Waals surface area (Å²) in [4.78, 5) is 0. The Morgan fingerprint density at radius 2 is 2.28 bits per heavy atom. The molecule has 0 aliphatic carbocycles. The molecule has 0 saturated heterocycles. The molecule has 92 valence electrons. The predicted molar refractivity (Wildman–Crippen MR) is 62.8 cm³/mol. The van der Waals surface area contributed by atoms with Gasteiger partial charge in [0.1, 0.15) is 5.82 Å². The first-order valence-corrected chi connectivity index (χ1v) is 5.52. The Balaban J connectivity index is 1.83. The number of nitrogens with one attached hydrogen (secondary N) is 1. The molecule has 1 aromatic carbocycles. The third-order valence-corrected chi connectivity index (χ3v) is 2.41. The molecule has 0 amide bonds. The zero-order chi connectivity index (χ0) is 12.8.